The number of carbonyl (C=O) groups is 1. The Hall–Kier alpha value is -1.94. The fourth-order valence-electron chi connectivity index (χ4n) is 1.93. The van der Waals surface area contributed by atoms with Gasteiger partial charge in [-0.1, -0.05) is 0 Å². The summed E-state index contributed by atoms with van der Waals surface area (Å²) in [5, 5.41) is 29.2. The molecule has 0 saturated heterocycles. The predicted molar refractivity (Wildman–Crippen MR) is 79.6 cm³/mol. The van der Waals surface area contributed by atoms with Crippen LogP contribution in [0.25, 0.3) is 0 Å². The number of nitrogens with zero attached hydrogens (tertiary/aromatic N) is 2. The molecular formula is C15H21N3O3. The molecule has 0 unspecified atom stereocenters. The Bertz CT molecular complexity index is 462. The van der Waals surface area contributed by atoms with Crippen LogP contribution in [0.3, 0.4) is 0 Å². The SMILES string of the molecule is N#Cc1ccc(NC(=O)CCCN(CCO)CCO)cc1. The van der Waals surface area contributed by atoms with Gasteiger partial charge in [-0.05, 0) is 37.2 Å². The molecule has 0 bridgehead atoms. The zero-order chi connectivity index (χ0) is 15.5. The molecule has 6 heteroatoms. The zero-order valence-electron chi connectivity index (χ0n) is 12.0. The first-order valence-electron chi connectivity index (χ1n) is 6.93. The molecule has 0 aliphatic carbocycles. The largest absolute Gasteiger partial charge is 0.395 e. The number of nitriles is 1. The second kappa shape index (κ2) is 9.88. The molecule has 0 fully saturated rings. The normalized spacial score (nSPS) is 10.4. The Kier molecular flexibility index (Phi) is 8.05. The summed E-state index contributed by atoms with van der Waals surface area (Å²) in [6, 6.07) is 8.71. The molecular weight excluding hydrogens is 270 g/mol. The second-order valence-corrected chi connectivity index (χ2v) is 4.63. The molecule has 1 amide bonds. The maximum atomic E-state index is 11.8. The summed E-state index contributed by atoms with van der Waals surface area (Å²) < 4.78 is 0. The highest BCUT2D eigenvalue weighted by molar-refractivity contribution is 5.90. The second-order valence-electron chi connectivity index (χ2n) is 4.63. The third-order valence-corrected chi connectivity index (χ3v) is 3.01. The van der Waals surface area contributed by atoms with Crippen molar-refractivity contribution in [1.82, 2.24) is 4.90 Å². The van der Waals surface area contributed by atoms with E-state index in [1.54, 1.807) is 24.3 Å². The maximum Gasteiger partial charge on any atom is 0.224 e. The molecule has 0 aliphatic heterocycles. The van der Waals surface area contributed by atoms with E-state index >= 15 is 0 Å². The van der Waals surface area contributed by atoms with E-state index in [-0.39, 0.29) is 19.1 Å². The van der Waals surface area contributed by atoms with Gasteiger partial charge in [0.15, 0.2) is 0 Å². The van der Waals surface area contributed by atoms with Crippen LogP contribution in [0, 0.1) is 11.3 Å². The van der Waals surface area contributed by atoms with Gasteiger partial charge in [0.25, 0.3) is 0 Å². The van der Waals surface area contributed by atoms with Gasteiger partial charge in [-0.25, -0.2) is 0 Å². The van der Waals surface area contributed by atoms with Crippen molar-refractivity contribution in [2.75, 3.05) is 38.2 Å². The number of amides is 1. The number of anilines is 1. The van der Waals surface area contributed by atoms with Crippen molar-refractivity contribution in [2.45, 2.75) is 12.8 Å². The van der Waals surface area contributed by atoms with Crippen LogP contribution in [0.5, 0.6) is 0 Å². The topological polar surface area (TPSA) is 96.6 Å². The number of aliphatic hydroxyl groups excluding tert-OH is 2. The highest BCUT2D eigenvalue weighted by Crippen LogP contribution is 2.09. The maximum absolute atomic E-state index is 11.8. The Morgan fingerprint density at radius 1 is 1.14 bits per heavy atom. The van der Waals surface area contributed by atoms with Gasteiger partial charge < -0.3 is 15.5 Å². The van der Waals surface area contributed by atoms with Gasteiger partial charge >= 0.3 is 0 Å². The van der Waals surface area contributed by atoms with Crippen LogP contribution < -0.4 is 5.32 Å². The molecule has 0 atom stereocenters. The van der Waals surface area contributed by atoms with E-state index < -0.39 is 0 Å². The van der Waals surface area contributed by atoms with Crippen LogP contribution in [-0.2, 0) is 4.79 Å². The number of rotatable bonds is 9. The van der Waals surface area contributed by atoms with Crippen molar-refractivity contribution in [3.8, 4) is 6.07 Å². The molecule has 3 N–H and O–H groups in total. The average Bonchev–Trinajstić information content (AvgIpc) is 2.48. The number of benzene rings is 1. The number of hydrogen-bond donors (Lipinski definition) is 3. The first-order valence-corrected chi connectivity index (χ1v) is 6.93. The van der Waals surface area contributed by atoms with Crippen molar-refractivity contribution in [3.05, 3.63) is 29.8 Å². The van der Waals surface area contributed by atoms with Gasteiger partial charge in [0.2, 0.25) is 5.91 Å². The smallest absolute Gasteiger partial charge is 0.224 e. The summed E-state index contributed by atoms with van der Waals surface area (Å²) in [6.45, 7) is 1.73. The molecule has 0 spiro atoms. The summed E-state index contributed by atoms with van der Waals surface area (Å²) in [6.07, 6.45) is 1.02. The summed E-state index contributed by atoms with van der Waals surface area (Å²) in [4.78, 5) is 13.7. The van der Waals surface area contributed by atoms with E-state index in [1.165, 1.54) is 0 Å². The lowest BCUT2D eigenvalue weighted by Gasteiger charge is -2.19. The molecule has 21 heavy (non-hydrogen) atoms. The van der Waals surface area contributed by atoms with Crippen LogP contribution in [-0.4, -0.2) is 53.9 Å². The number of hydrogen-bond acceptors (Lipinski definition) is 5. The van der Waals surface area contributed by atoms with Crippen LogP contribution in [0.1, 0.15) is 18.4 Å². The van der Waals surface area contributed by atoms with E-state index in [0.717, 1.165) is 0 Å². The molecule has 0 aromatic heterocycles. The standard InChI is InChI=1S/C15H21N3O3/c16-12-13-3-5-14(6-4-13)17-15(21)2-1-7-18(8-10-19)9-11-20/h3-6,19-20H,1-2,7-11H2,(H,17,21). The average molecular weight is 291 g/mol. The Morgan fingerprint density at radius 3 is 2.29 bits per heavy atom. The third kappa shape index (κ3) is 6.86. The van der Waals surface area contributed by atoms with Gasteiger partial charge in [0.1, 0.15) is 0 Å². The minimum atomic E-state index is -0.0901. The fourth-order valence-corrected chi connectivity index (χ4v) is 1.93. The Balaban J connectivity index is 2.31. The van der Waals surface area contributed by atoms with E-state index in [1.807, 2.05) is 11.0 Å². The molecule has 1 aromatic carbocycles. The van der Waals surface area contributed by atoms with Gasteiger partial charge in [-0.15, -0.1) is 0 Å². The number of carbonyl (C=O) groups excluding carboxylic acids is 1. The van der Waals surface area contributed by atoms with Crippen molar-refractivity contribution >= 4 is 11.6 Å². The van der Waals surface area contributed by atoms with Crippen molar-refractivity contribution in [3.63, 3.8) is 0 Å². The summed E-state index contributed by atoms with van der Waals surface area (Å²) >= 11 is 0. The molecule has 114 valence electrons. The third-order valence-electron chi connectivity index (χ3n) is 3.01. The van der Waals surface area contributed by atoms with E-state index in [0.29, 0.717) is 43.7 Å². The minimum absolute atomic E-state index is 0.0391. The predicted octanol–water partition coefficient (Wildman–Crippen LogP) is 0.564. The van der Waals surface area contributed by atoms with E-state index in [4.69, 9.17) is 15.5 Å². The highest BCUT2D eigenvalue weighted by atomic mass is 16.3. The lowest BCUT2D eigenvalue weighted by Crippen LogP contribution is -2.31. The molecule has 1 aromatic rings. The van der Waals surface area contributed by atoms with Gasteiger partial charge in [-0.3, -0.25) is 9.69 Å². The molecule has 0 saturated carbocycles. The monoisotopic (exact) mass is 291 g/mol. The van der Waals surface area contributed by atoms with Crippen molar-refractivity contribution < 1.29 is 15.0 Å². The van der Waals surface area contributed by atoms with Crippen LogP contribution in [0.15, 0.2) is 24.3 Å². The van der Waals surface area contributed by atoms with Gasteiger partial charge in [0, 0.05) is 25.2 Å². The minimum Gasteiger partial charge on any atom is -0.395 e. The Morgan fingerprint density at radius 2 is 1.76 bits per heavy atom. The molecule has 1 rings (SSSR count). The van der Waals surface area contributed by atoms with Crippen LogP contribution in [0.2, 0.25) is 0 Å². The summed E-state index contributed by atoms with van der Waals surface area (Å²) in [7, 11) is 0. The highest BCUT2D eigenvalue weighted by Gasteiger charge is 2.06. The van der Waals surface area contributed by atoms with Crippen molar-refractivity contribution in [1.29, 1.82) is 5.26 Å². The lowest BCUT2D eigenvalue weighted by molar-refractivity contribution is -0.116. The summed E-state index contributed by atoms with van der Waals surface area (Å²) in [5.41, 5.74) is 1.22. The summed E-state index contributed by atoms with van der Waals surface area (Å²) in [5.74, 6) is -0.0901. The fraction of sp³-hybridized carbons (Fsp3) is 0.467. The van der Waals surface area contributed by atoms with E-state index in [2.05, 4.69) is 5.32 Å². The lowest BCUT2D eigenvalue weighted by atomic mass is 10.2. The first-order chi connectivity index (χ1) is 10.2. The van der Waals surface area contributed by atoms with Gasteiger partial charge in [0.05, 0.1) is 24.8 Å². The Labute approximate surface area is 124 Å². The molecule has 6 nitrogen and oxygen atoms in total. The number of aliphatic hydroxyl groups is 2. The van der Waals surface area contributed by atoms with Crippen LogP contribution >= 0.6 is 0 Å². The van der Waals surface area contributed by atoms with Gasteiger partial charge in [-0.2, -0.15) is 5.26 Å². The zero-order valence-corrected chi connectivity index (χ0v) is 12.0. The number of nitrogens with one attached hydrogen (secondary N) is 1. The van der Waals surface area contributed by atoms with E-state index in [9.17, 15) is 4.79 Å². The van der Waals surface area contributed by atoms with Crippen LogP contribution in [0.4, 0.5) is 5.69 Å². The molecule has 0 aliphatic rings. The van der Waals surface area contributed by atoms with Crippen molar-refractivity contribution in [2.24, 2.45) is 0 Å². The molecule has 0 heterocycles. The quantitative estimate of drug-likeness (QED) is 0.618. The molecule has 0 radical (unpaired) electrons. The first kappa shape index (κ1) is 17.1.